The maximum Gasteiger partial charge on any atom is 0.307 e. The second-order valence-electron chi connectivity index (χ2n) is 5.23. The molecule has 0 saturated heterocycles. The molecule has 1 amide bonds. The van der Waals surface area contributed by atoms with E-state index in [-0.39, 0.29) is 4.90 Å². The van der Waals surface area contributed by atoms with Crippen LogP contribution in [0.5, 0.6) is 0 Å². The first-order valence-corrected chi connectivity index (χ1v) is 7.83. The number of carboxylic acids is 1. The van der Waals surface area contributed by atoms with Crippen molar-refractivity contribution in [2.45, 2.75) is 25.2 Å². The molecule has 21 heavy (non-hydrogen) atoms. The van der Waals surface area contributed by atoms with Gasteiger partial charge in [-0.25, -0.2) is 13.6 Å². The van der Waals surface area contributed by atoms with Crippen LogP contribution in [0.1, 0.15) is 17.5 Å². The van der Waals surface area contributed by atoms with Crippen LogP contribution in [-0.2, 0) is 19.6 Å². The van der Waals surface area contributed by atoms with Crippen LogP contribution in [0.25, 0.3) is 0 Å². The maximum atomic E-state index is 12.0. The van der Waals surface area contributed by atoms with Crippen molar-refractivity contribution in [3.63, 3.8) is 0 Å². The van der Waals surface area contributed by atoms with Crippen LogP contribution in [0.2, 0.25) is 0 Å². The SMILES string of the molecule is Cc1cc(S(N)(=O)=O)cc(NC(=O)[C@@H]2C[C@@H]2C(=O)O)c1C. The number of sulfonamides is 1. The van der Waals surface area contributed by atoms with E-state index in [1.165, 1.54) is 12.1 Å². The largest absolute Gasteiger partial charge is 0.481 e. The van der Waals surface area contributed by atoms with Gasteiger partial charge in [0.25, 0.3) is 0 Å². The van der Waals surface area contributed by atoms with Crippen molar-refractivity contribution in [1.29, 1.82) is 0 Å². The molecular formula is C13H16N2O5S. The summed E-state index contributed by atoms with van der Waals surface area (Å²) in [5.74, 6) is -2.65. The third-order valence-electron chi connectivity index (χ3n) is 3.67. The Labute approximate surface area is 122 Å². The highest BCUT2D eigenvalue weighted by atomic mass is 32.2. The number of anilines is 1. The van der Waals surface area contributed by atoms with Crippen LogP contribution in [0.15, 0.2) is 17.0 Å². The van der Waals surface area contributed by atoms with Gasteiger partial charge in [-0.2, -0.15) is 0 Å². The van der Waals surface area contributed by atoms with Gasteiger partial charge in [0.15, 0.2) is 0 Å². The highest BCUT2D eigenvalue weighted by molar-refractivity contribution is 7.89. The normalized spacial score (nSPS) is 20.9. The summed E-state index contributed by atoms with van der Waals surface area (Å²) in [5, 5.41) is 16.5. The third-order valence-corrected chi connectivity index (χ3v) is 4.56. The fourth-order valence-electron chi connectivity index (χ4n) is 2.10. The number of primary sulfonamides is 1. The molecule has 0 aromatic heterocycles. The number of carboxylic acid groups (broad SMARTS) is 1. The van der Waals surface area contributed by atoms with Gasteiger partial charge >= 0.3 is 5.97 Å². The molecule has 1 aromatic rings. The van der Waals surface area contributed by atoms with Crippen molar-refractivity contribution in [1.82, 2.24) is 0 Å². The second-order valence-corrected chi connectivity index (χ2v) is 6.80. The Morgan fingerprint density at radius 3 is 2.38 bits per heavy atom. The van der Waals surface area contributed by atoms with E-state index in [2.05, 4.69) is 5.32 Å². The summed E-state index contributed by atoms with van der Waals surface area (Å²) in [7, 11) is -3.87. The van der Waals surface area contributed by atoms with Gasteiger partial charge in [-0.15, -0.1) is 0 Å². The molecule has 7 nitrogen and oxygen atoms in total. The highest BCUT2D eigenvalue weighted by Gasteiger charge is 2.48. The fraction of sp³-hybridized carbons (Fsp3) is 0.385. The third kappa shape index (κ3) is 3.22. The van der Waals surface area contributed by atoms with Crippen LogP contribution < -0.4 is 10.5 Å². The molecule has 1 aromatic carbocycles. The Hall–Kier alpha value is -1.93. The quantitative estimate of drug-likeness (QED) is 0.750. The smallest absolute Gasteiger partial charge is 0.307 e. The number of amides is 1. The van der Waals surface area contributed by atoms with Crippen molar-refractivity contribution in [3.8, 4) is 0 Å². The molecule has 1 aliphatic rings. The molecule has 0 spiro atoms. The predicted molar refractivity (Wildman–Crippen MR) is 75.2 cm³/mol. The van der Waals surface area contributed by atoms with Crippen LogP contribution in [0.3, 0.4) is 0 Å². The lowest BCUT2D eigenvalue weighted by molar-refractivity contribution is -0.139. The van der Waals surface area contributed by atoms with Crippen LogP contribution >= 0.6 is 0 Å². The second kappa shape index (κ2) is 5.12. The van der Waals surface area contributed by atoms with Crippen LogP contribution in [0.4, 0.5) is 5.69 Å². The zero-order valence-corrected chi connectivity index (χ0v) is 12.4. The predicted octanol–water partition coefficient (Wildman–Crippen LogP) is 0.610. The molecule has 4 N–H and O–H groups in total. The molecule has 0 bridgehead atoms. The number of hydrogen-bond donors (Lipinski definition) is 3. The van der Waals surface area contributed by atoms with Gasteiger partial charge in [0, 0.05) is 5.69 Å². The molecule has 1 aliphatic carbocycles. The average Bonchev–Trinajstić information content (AvgIpc) is 3.13. The lowest BCUT2D eigenvalue weighted by Gasteiger charge is -2.12. The summed E-state index contributed by atoms with van der Waals surface area (Å²) >= 11 is 0. The maximum absolute atomic E-state index is 12.0. The number of nitrogens with one attached hydrogen (secondary N) is 1. The van der Waals surface area contributed by atoms with E-state index in [0.29, 0.717) is 23.2 Å². The lowest BCUT2D eigenvalue weighted by Crippen LogP contribution is -2.19. The molecule has 0 unspecified atom stereocenters. The molecular weight excluding hydrogens is 296 g/mol. The van der Waals surface area contributed by atoms with Crippen molar-refractivity contribution in [2.75, 3.05) is 5.32 Å². The Bertz CT molecular complexity index is 726. The van der Waals surface area contributed by atoms with E-state index < -0.39 is 33.7 Å². The molecule has 1 fully saturated rings. The van der Waals surface area contributed by atoms with Gasteiger partial charge < -0.3 is 10.4 Å². The van der Waals surface area contributed by atoms with Gasteiger partial charge in [0.2, 0.25) is 15.9 Å². The van der Waals surface area contributed by atoms with Crippen molar-refractivity contribution >= 4 is 27.6 Å². The Balaban J connectivity index is 2.26. The van der Waals surface area contributed by atoms with Crippen LogP contribution in [-0.4, -0.2) is 25.4 Å². The summed E-state index contributed by atoms with van der Waals surface area (Å²) in [6.07, 6.45) is 0.300. The molecule has 114 valence electrons. The van der Waals surface area contributed by atoms with E-state index in [1.807, 2.05) is 0 Å². The Morgan fingerprint density at radius 2 is 1.90 bits per heavy atom. The minimum atomic E-state index is -3.87. The summed E-state index contributed by atoms with van der Waals surface area (Å²) in [6, 6.07) is 2.71. The van der Waals surface area contributed by atoms with E-state index in [1.54, 1.807) is 13.8 Å². The summed E-state index contributed by atoms with van der Waals surface area (Å²) < 4.78 is 22.8. The van der Waals surface area contributed by atoms with Crippen molar-refractivity contribution < 1.29 is 23.1 Å². The highest BCUT2D eigenvalue weighted by Crippen LogP contribution is 2.39. The zero-order valence-electron chi connectivity index (χ0n) is 11.6. The molecule has 0 radical (unpaired) electrons. The van der Waals surface area contributed by atoms with Gasteiger partial charge in [-0.1, -0.05) is 0 Å². The number of benzene rings is 1. The van der Waals surface area contributed by atoms with E-state index >= 15 is 0 Å². The summed E-state index contributed by atoms with van der Waals surface area (Å²) in [4.78, 5) is 22.6. The Kier molecular flexibility index (Phi) is 3.77. The van der Waals surface area contributed by atoms with Crippen LogP contribution in [0, 0.1) is 25.7 Å². The summed E-state index contributed by atoms with van der Waals surface area (Å²) in [5.41, 5.74) is 1.71. The van der Waals surface area contributed by atoms with Gasteiger partial charge in [0.05, 0.1) is 16.7 Å². The molecule has 0 heterocycles. The number of carbonyl (C=O) groups excluding carboxylic acids is 1. The van der Waals surface area contributed by atoms with Crippen molar-refractivity contribution in [3.05, 3.63) is 23.3 Å². The summed E-state index contributed by atoms with van der Waals surface area (Å²) in [6.45, 7) is 3.44. The van der Waals surface area contributed by atoms with E-state index in [4.69, 9.17) is 10.2 Å². The number of hydrogen-bond acceptors (Lipinski definition) is 4. The monoisotopic (exact) mass is 312 g/mol. The molecule has 2 atom stereocenters. The standard InChI is InChI=1S/C13H16N2O5S/c1-6-3-8(21(14,19)20)4-11(7(6)2)15-12(16)9-5-10(9)13(17)18/h3-4,9-10H,5H2,1-2H3,(H,15,16)(H,17,18)(H2,14,19,20)/t9-,10+/m1/s1. The van der Waals surface area contributed by atoms with Gasteiger partial charge in [0.1, 0.15) is 0 Å². The topological polar surface area (TPSA) is 127 Å². The molecule has 2 rings (SSSR count). The Morgan fingerprint density at radius 1 is 1.29 bits per heavy atom. The minimum absolute atomic E-state index is 0.0912. The number of aliphatic carboxylic acids is 1. The van der Waals surface area contributed by atoms with Gasteiger partial charge in [-0.05, 0) is 43.5 Å². The number of nitrogens with two attached hydrogens (primary N) is 1. The lowest BCUT2D eigenvalue weighted by atomic mass is 10.1. The van der Waals surface area contributed by atoms with Crippen molar-refractivity contribution in [2.24, 2.45) is 17.0 Å². The minimum Gasteiger partial charge on any atom is -0.481 e. The molecule has 8 heteroatoms. The molecule has 0 aliphatic heterocycles. The first-order valence-electron chi connectivity index (χ1n) is 6.29. The number of carbonyl (C=O) groups is 2. The first-order chi connectivity index (χ1) is 9.61. The average molecular weight is 312 g/mol. The number of rotatable bonds is 4. The first kappa shape index (κ1) is 15.5. The zero-order chi connectivity index (χ0) is 15.9. The van der Waals surface area contributed by atoms with E-state index in [9.17, 15) is 18.0 Å². The molecule has 1 saturated carbocycles. The van der Waals surface area contributed by atoms with E-state index in [0.717, 1.165) is 0 Å². The van der Waals surface area contributed by atoms with Gasteiger partial charge in [-0.3, -0.25) is 9.59 Å². The fourth-order valence-corrected chi connectivity index (χ4v) is 2.73. The number of aryl methyl sites for hydroxylation is 1.